The summed E-state index contributed by atoms with van der Waals surface area (Å²) in [5.41, 5.74) is 0.644. The first-order valence-electron chi connectivity index (χ1n) is 9.44. The summed E-state index contributed by atoms with van der Waals surface area (Å²) in [5.74, 6) is 1.52. The molecule has 5 nitrogen and oxygen atoms in total. The lowest BCUT2D eigenvalue weighted by atomic mass is 10.1. The lowest BCUT2D eigenvalue weighted by Gasteiger charge is -2.17. The summed E-state index contributed by atoms with van der Waals surface area (Å²) >= 11 is 0. The van der Waals surface area contributed by atoms with Crippen LogP contribution in [0, 0.1) is 5.92 Å². The van der Waals surface area contributed by atoms with Crippen molar-refractivity contribution in [3.8, 4) is 5.75 Å². The van der Waals surface area contributed by atoms with Crippen molar-refractivity contribution in [1.82, 2.24) is 15.5 Å². The van der Waals surface area contributed by atoms with Gasteiger partial charge in [0, 0.05) is 31.2 Å². The molecule has 0 spiro atoms. The van der Waals surface area contributed by atoms with Gasteiger partial charge in [-0.25, -0.2) is 4.99 Å². The SMILES string of the molecule is CCNC(=NCc1ccccc1OC(F)F)NCC1CCN(C2CC2)C1.I. The number of hydrogen-bond donors (Lipinski definition) is 2. The number of ether oxygens (including phenoxy) is 1. The fourth-order valence-corrected chi connectivity index (χ4v) is 3.39. The molecule has 1 unspecified atom stereocenters. The van der Waals surface area contributed by atoms with Crippen molar-refractivity contribution in [2.24, 2.45) is 10.9 Å². The van der Waals surface area contributed by atoms with Gasteiger partial charge in [-0.1, -0.05) is 18.2 Å². The monoisotopic (exact) mass is 494 g/mol. The van der Waals surface area contributed by atoms with Gasteiger partial charge in [-0.3, -0.25) is 0 Å². The van der Waals surface area contributed by atoms with Gasteiger partial charge in [0.2, 0.25) is 0 Å². The number of benzene rings is 1. The second kappa shape index (κ2) is 11.0. The van der Waals surface area contributed by atoms with Crippen LogP contribution in [0.15, 0.2) is 29.3 Å². The fraction of sp³-hybridized carbons (Fsp3) is 0.632. The van der Waals surface area contributed by atoms with Gasteiger partial charge in [-0.15, -0.1) is 24.0 Å². The molecule has 1 saturated carbocycles. The van der Waals surface area contributed by atoms with Crippen LogP contribution in [0.25, 0.3) is 0 Å². The summed E-state index contributed by atoms with van der Waals surface area (Å²) in [6.07, 6.45) is 3.92. The standard InChI is InChI=1S/C19H28F2N4O.HI/c1-2-22-19(23-11-14-9-10-25(13-14)16-7-8-16)24-12-15-5-3-4-6-17(15)26-18(20)21;/h3-6,14,16,18H,2,7-13H2,1H3,(H2,22,23,24);1H. The molecule has 8 heteroatoms. The minimum atomic E-state index is -2.83. The zero-order valence-electron chi connectivity index (χ0n) is 15.7. The quantitative estimate of drug-likeness (QED) is 0.331. The van der Waals surface area contributed by atoms with Crippen molar-refractivity contribution in [2.45, 2.75) is 45.4 Å². The Morgan fingerprint density at radius 2 is 2.04 bits per heavy atom. The molecule has 1 aromatic rings. The Bertz CT molecular complexity index is 613. The van der Waals surface area contributed by atoms with Crippen LogP contribution in [0.2, 0.25) is 0 Å². The van der Waals surface area contributed by atoms with Crippen LogP contribution in [0.1, 0.15) is 31.7 Å². The summed E-state index contributed by atoms with van der Waals surface area (Å²) in [4.78, 5) is 7.13. The largest absolute Gasteiger partial charge is 0.434 e. The zero-order valence-corrected chi connectivity index (χ0v) is 18.0. The highest BCUT2D eigenvalue weighted by molar-refractivity contribution is 14.0. The Labute approximate surface area is 177 Å². The van der Waals surface area contributed by atoms with Crippen LogP contribution in [-0.4, -0.2) is 49.7 Å². The van der Waals surface area contributed by atoms with Crippen LogP contribution in [-0.2, 0) is 6.54 Å². The average molecular weight is 494 g/mol. The van der Waals surface area contributed by atoms with E-state index in [1.807, 2.05) is 6.92 Å². The van der Waals surface area contributed by atoms with Crippen molar-refractivity contribution in [1.29, 1.82) is 0 Å². The van der Waals surface area contributed by atoms with E-state index in [2.05, 4.69) is 25.3 Å². The molecule has 2 N–H and O–H groups in total. The molecule has 2 fully saturated rings. The number of likely N-dealkylation sites (tertiary alicyclic amines) is 1. The van der Waals surface area contributed by atoms with Crippen molar-refractivity contribution in [3.63, 3.8) is 0 Å². The van der Waals surface area contributed by atoms with E-state index >= 15 is 0 Å². The van der Waals surface area contributed by atoms with Crippen LogP contribution >= 0.6 is 24.0 Å². The Balaban J connectivity index is 0.00000261. The first-order chi connectivity index (χ1) is 12.7. The number of alkyl halides is 2. The normalized spacial score (nSPS) is 20.4. The van der Waals surface area contributed by atoms with Gasteiger partial charge in [-0.05, 0) is 44.7 Å². The van der Waals surface area contributed by atoms with Crippen molar-refractivity contribution in [3.05, 3.63) is 29.8 Å². The first-order valence-corrected chi connectivity index (χ1v) is 9.44. The predicted octanol–water partition coefficient (Wildman–Crippen LogP) is 3.45. The molecular formula is C19H29F2IN4O. The molecule has 3 rings (SSSR count). The average Bonchev–Trinajstić information content (AvgIpc) is 3.36. The van der Waals surface area contributed by atoms with Gasteiger partial charge in [0.05, 0.1) is 6.54 Å². The van der Waals surface area contributed by atoms with E-state index in [1.165, 1.54) is 25.8 Å². The molecule has 27 heavy (non-hydrogen) atoms. The summed E-state index contributed by atoms with van der Waals surface area (Å²) in [5, 5.41) is 6.62. The Hall–Kier alpha value is -1.16. The lowest BCUT2D eigenvalue weighted by Crippen LogP contribution is -2.40. The van der Waals surface area contributed by atoms with E-state index in [-0.39, 0.29) is 36.3 Å². The number of guanidine groups is 1. The third-order valence-corrected chi connectivity index (χ3v) is 4.88. The first kappa shape index (κ1) is 22.1. The maximum atomic E-state index is 12.5. The van der Waals surface area contributed by atoms with Gasteiger partial charge >= 0.3 is 6.61 Å². The highest BCUT2D eigenvalue weighted by Gasteiger charge is 2.34. The predicted molar refractivity (Wildman–Crippen MR) is 114 cm³/mol. The molecular weight excluding hydrogens is 465 g/mol. The van der Waals surface area contributed by atoms with Gasteiger partial charge in [0.1, 0.15) is 5.75 Å². The Morgan fingerprint density at radius 3 is 2.74 bits per heavy atom. The summed E-state index contributed by atoms with van der Waals surface area (Å²) in [6.45, 7) is 3.45. The number of nitrogens with zero attached hydrogens (tertiary/aromatic N) is 2. The number of nitrogens with one attached hydrogen (secondary N) is 2. The van der Waals surface area contributed by atoms with E-state index in [0.717, 1.165) is 25.7 Å². The van der Waals surface area contributed by atoms with E-state index in [4.69, 9.17) is 0 Å². The second-order valence-electron chi connectivity index (χ2n) is 6.94. The van der Waals surface area contributed by atoms with E-state index in [1.54, 1.807) is 24.3 Å². The molecule has 0 aromatic heterocycles. The molecule has 0 radical (unpaired) electrons. The molecule has 152 valence electrons. The van der Waals surface area contributed by atoms with Crippen LogP contribution in [0.5, 0.6) is 5.75 Å². The molecule has 0 bridgehead atoms. The zero-order chi connectivity index (χ0) is 18.4. The lowest BCUT2D eigenvalue weighted by molar-refractivity contribution is -0.0504. The maximum Gasteiger partial charge on any atom is 0.387 e. The molecule has 1 aromatic carbocycles. The van der Waals surface area contributed by atoms with Crippen LogP contribution in [0.3, 0.4) is 0 Å². The fourth-order valence-electron chi connectivity index (χ4n) is 3.39. The molecule has 1 saturated heterocycles. The Morgan fingerprint density at radius 1 is 1.26 bits per heavy atom. The Kier molecular flexibility index (Phi) is 9.01. The van der Waals surface area contributed by atoms with Crippen molar-refractivity contribution < 1.29 is 13.5 Å². The van der Waals surface area contributed by atoms with Crippen LogP contribution < -0.4 is 15.4 Å². The van der Waals surface area contributed by atoms with Gasteiger partial charge in [-0.2, -0.15) is 8.78 Å². The summed E-state index contributed by atoms with van der Waals surface area (Å²) in [7, 11) is 0. The highest BCUT2D eigenvalue weighted by atomic mass is 127. The summed E-state index contributed by atoms with van der Waals surface area (Å²) in [6, 6.07) is 7.61. The molecule has 1 aliphatic heterocycles. The van der Waals surface area contributed by atoms with Crippen molar-refractivity contribution >= 4 is 29.9 Å². The molecule has 2 aliphatic rings. The van der Waals surface area contributed by atoms with Gasteiger partial charge in [0.25, 0.3) is 0 Å². The van der Waals surface area contributed by atoms with Gasteiger partial charge < -0.3 is 20.3 Å². The minimum Gasteiger partial charge on any atom is -0.434 e. The molecule has 0 amide bonds. The third-order valence-electron chi connectivity index (χ3n) is 4.88. The molecule has 1 aliphatic carbocycles. The number of para-hydroxylation sites is 1. The molecule has 1 atom stereocenters. The number of aliphatic imine (C=N–C) groups is 1. The van der Waals surface area contributed by atoms with E-state index in [0.29, 0.717) is 17.4 Å². The van der Waals surface area contributed by atoms with Crippen LogP contribution in [0.4, 0.5) is 8.78 Å². The molecule has 1 heterocycles. The minimum absolute atomic E-state index is 0. The number of halogens is 3. The second-order valence-corrected chi connectivity index (χ2v) is 6.94. The number of hydrogen-bond acceptors (Lipinski definition) is 3. The third kappa shape index (κ3) is 7.06. The highest BCUT2D eigenvalue weighted by Crippen LogP contribution is 2.31. The number of rotatable bonds is 8. The van der Waals surface area contributed by atoms with Crippen molar-refractivity contribution in [2.75, 3.05) is 26.2 Å². The van der Waals surface area contributed by atoms with Gasteiger partial charge in [0.15, 0.2) is 5.96 Å². The maximum absolute atomic E-state index is 12.5. The van der Waals surface area contributed by atoms with E-state index in [9.17, 15) is 8.78 Å². The topological polar surface area (TPSA) is 48.9 Å². The smallest absolute Gasteiger partial charge is 0.387 e. The van der Waals surface area contributed by atoms with E-state index < -0.39 is 6.61 Å². The summed E-state index contributed by atoms with van der Waals surface area (Å²) < 4.78 is 29.6.